The standard InChI is InChI=1S/C15H18F3NO4S/c16-15(17,18)11-23-14(20)19-8-6-13(7-9-19)24(21,22)10-12-4-2-1-3-5-12/h1-5,13H,6-11H2. The molecule has 0 spiro atoms. The van der Waals surface area contributed by atoms with Crippen molar-refractivity contribution in [3.8, 4) is 0 Å². The second kappa shape index (κ2) is 7.42. The van der Waals surface area contributed by atoms with E-state index in [1.54, 1.807) is 30.3 Å². The molecule has 0 aliphatic carbocycles. The summed E-state index contributed by atoms with van der Waals surface area (Å²) in [5.74, 6) is -0.0863. The zero-order chi connectivity index (χ0) is 17.8. The highest BCUT2D eigenvalue weighted by Gasteiger charge is 2.34. The molecular weight excluding hydrogens is 347 g/mol. The van der Waals surface area contributed by atoms with Crippen molar-refractivity contribution < 1.29 is 31.1 Å². The van der Waals surface area contributed by atoms with E-state index in [9.17, 15) is 26.4 Å². The Hall–Kier alpha value is -1.77. The Kier molecular flexibility index (Phi) is 5.74. The van der Waals surface area contributed by atoms with E-state index in [0.717, 1.165) is 4.90 Å². The zero-order valence-electron chi connectivity index (χ0n) is 12.8. The Bertz CT molecular complexity index is 653. The minimum Gasteiger partial charge on any atom is -0.440 e. The molecule has 0 unspecified atom stereocenters. The van der Waals surface area contributed by atoms with E-state index in [1.165, 1.54) is 0 Å². The van der Waals surface area contributed by atoms with E-state index < -0.39 is 34.0 Å². The third-order valence-corrected chi connectivity index (χ3v) is 6.00. The number of benzene rings is 1. The second-order valence-corrected chi connectivity index (χ2v) is 7.93. The monoisotopic (exact) mass is 365 g/mol. The van der Waals surface area contributed by atoms with Crippen molar-refractivity contribution in [1.82, 2.24) is 4.90 Å². The van der Waals surface area contributed by atoms with Gasteiger partial charge in [0.25, 0.3) is 0 Å². The molecule has 5 nitrogen and oxygen atoms in total. The first-order valence-corrected chi connectivity index (χ1v) is 9.13. The van der Waals surface area contributed by atoms with Gasteiger partial charge in [0.05, 0.1) is 11.0 Å². The molecule has 1 aromatic carbocycles. The first-order chi connectivity index (χ1) is 11.2. The molecule has 9 heteroatoms. The molecule has 134 valence electrons. The summed E-state index contributed by atoms with van der Waals surface area (Å²) in [6, 6.07) is 8.75. The van der Waals surface area contributed by atoms with Crippen LogP contribution in [0.25, 0.3) is 0 Å². The van der Waals surface area contributed by atoms with Gasteiger partial charge in [0, 0.05) is 13.1 Å². The van der Waals surface area contributed by atoms with Crippen molar-refractivity contribution in [3.63, 3.8) is 0 Å². The first kappa shape index (κ1) is 18.6. The van der Waals surface area contributed by atoms with Gasteiger partial charge in [0.2, 0.25) is 0 Å². The summed E-state index contributed by atoms with van der Waals surface area (Å²) in [4.78, 5) is 12.7. The van der Waals surface area contributed by atoms with Crippen LogP contribution in [-0.4, -0.2) is 50.5 Å². The molecule has 1 fully saturated rings. The average Bonchev–Trinajstić information content (AvgIpc) is 2.52. The largest absolute Gasteiger partial charge is 0.440 e. The Morgan fingerprint density at radius 2 is 1.75 bits per heavy atom. The number of halogens is 3. The van der Waals surface area contributed by atoms with Crippen LogP contribution in [0.2, 0.25) is 0 Å². The number of carbonyl (C=O) groups is 1. The Morgan fingerprint density at radius 3 is 2.29 bits per heavy atom. The predicted molar refractivity (Wildman–Crippen MR) is 81.1 cm³/mol. The third-order valence-electron chi connectivity index (χ3n) is 3.78. The Balaban J connectivity index is 1.86. The van der Waals surface area contributed by atoms with E-state index in [4.69, 9.17) is 0 Å². The van der Waals surface area contributed by atoms with Crippen LogP contribution < -0.4 is 0 Å². The highest BCUT2D eigenvalue weighted by atomic mass is 32.2. The number of likely N-dealkylation sites (tertiary alicyclic amines) is 1. The highest BCUT2D eigenvalue weighted by Crippen LogP contribution is 2.22. The van der Waals surface area contributed by atoms with Crippen LogP contribution in [0.3, 0.4) is 0 Å². The maximum absolute atomic E-state index is 12.4. The number of ether oxygens (including phenoxy) is 1. The van der Waals surface area contributed by atoms with Gasteiger partial charge in [-0.2, -0.15) is 13.2 Å². The second-order valence-electron chi connectivity index (χ2n) is 5.65. The molecule has 1 saturated heterocycles. The van der Waals surface area contributed by atoms with Gasteiger partial charge in [-0.25, -0.2) is 13.2 Å². The summed E-state index contributed by atoms with van der Waals surface area (Å²) in [5.41, 5.74) is 0.685. The number of hydrogen-bond donors (Lipinski definition) is 0. The zero-order valence-corrected chi connectivity index (χ0v) is 13.6. The van der Waals surface area contributed by atoms with Gasteiger partial charge in [0.15, 0.2) is 16.4 Å². The van der Waals surface area contributed by atoms with Crippen LogP contribution in [0.5, 0.6) is 0 Å². The van der Waals surface area contributed by atoms with Gasteiger partial charge in [-0.3, -0.25) is 0 Å². The summed E-state index contributed by atoms with van der Waals surface area (Å²) in [7, 11) is -3.38. The summed E-state index contributed by atoms with van der Waals surface area (Å²) in [6.07, 6.45) is -5.26. The Morgan fingerprint density at radius 1 is 1.17 bits per heavy atom. The molecule has 1 aliphatic heterocycles. The van der Waals surface area contributed by atoms with Crippen LogP contribution in [-0.2, 0) is 20.3 Å². The van der Waals surface area contributed by atoms with Crippen molar-refractivity contribution in [3.05, 3.63) is 35.9 Å². The van der Waals surface area contributed by atoms with E-state index in [1.807, 2.05) is 0 Å². The van der Waals surface area contributed by atoms with E-state index in [-0.39, 0.29) is 31.7 Å². The molecule has 0 radical (unpaired) electrons. The number of rotatable bonds is 4. The third kappa shape index (κ3) is 5.40. The smallest absolute Gasteiger partial charge is 0.422 e. The number of sulfone groups is 1. The predicted octanol–water partition coefficient (Wildman–Crippen LogP) is 2.76. The minimum absolute atomic E-state index is 0.0649. The number of alkyl halides is 3. The van der Waals surface area contributed by atoms with Crippen LogP contribution >= 0.6 is 0 Å². The molecule has 1 amide bonds. The van der Waals surface area contributed by atoms with Gasteiger partial charge in [-0.1, -0.05) is 30.3 Å². The van der Waals surface area contributed by atoms with E-state index in [2.05, 4.69) is 4.74 Å². The molecule has 0 bridgehead atoms. The van der Waals surface area contributed by atoms with Crippen LogP contribution in [0.15, 0.2) is 30.3 Å². The molecule has 0 aromatic heterocycles. The molecule has 0 atom stereocenters. The first-order valence-electron chi connectivity index (χ1n) is 7.41. The quantitative estimate of drug-likeness (QED) is 0.823. The molecule has 1 aliphatic rings. The van der Waals surface area contributed by atoms with Crippen molar-refractivity contribution in [2.75, 3.05) is 19.7 Å². The number of hydrogen-bond acceptors (Lipinski definition) is 4. The summed E-state index contributed by atoms with van der Waals surface area (Å²) >= 11 is 0. The lowest BCUT2D eigenvalue weighted by atomic mass is 10.1. The van der Waals surface area contributed by atoms with Crippen molar-refractivity contribution in [1.29, 1.82) is 0 Å². The maximum Gasteiger partial charge on any atom is 0.422 e. The summed E-state index contributed by atoms with van der Waals surface area (Å²) < 4.78 is 65.1. The van der Waals surface area contributed by atoms with Gasteiger partial charge < -0.3 is 9.64 Å². The normalized spacial score (nSPS) is 16.9. The van der Waals surface area contributed by atoms with Gasteiger partial charge >= 0.3 is 12.3 Å². The fraction of sp³-hybridized carbons (Fsp3) is 0.533. The Labute approximate surface area is 138 Å². The maximum atomic E-state index is 12.4. The number of nitrogens with zero attached hydrogens (tertiary/aromatic N) is 1. The average molecular weight is 365 g/mol. The topological polar surface area (TPSA) is 63.7 Å². The molecular formula is C15H18F3NO4S. The van der Waals surface area contributed by atoms with E-state index in [0.29, 0.717) is 5.56 Å². The number of amides is 1. The SMILES string of the molecule is O=C(OCC(F)(F)F)N1CCC(S(=O)(=O)Cc2ccccc2)CC1. The fourth-order valence-corrected chi connectivity index (χ4v) is 4.38. The van der Waals surface area contributed by atoms with Crippen LogP contribution in [0.4, 0.5) is 18.0 Å². The van der Waals surface area contributed by atoms with Gasteiger partial charge in [0.1, 0.15) is 0 Å². The molecule has 1 aromatic rings. The number of carbonyl (C=O) groups excluding carboxylic acids is 1. The van der Waals surface area contributed by atoms with Gasteiger partial charge in [-0.15, -0.1) is 0 Å². The highest BCUT2D eigenvalue weighted by molar-refractivity contribution is 7.91. The van der Waals surface area contributed by atoms with Crippen LogP contribution in [0.1, 0.15) is 18.4 Å². The molecule has 0 N–H and O–H groups in total. The molecule has 24 heavy (non-hydrogen) atoms. The minimum atomic E-state index is -4.58. The lowest BCUT2D eigenvalue weighted by Crippen LogP contribution is -2.43. The summed E-state index contributed by atoms with van der Waals surface area (Å²) in [6.45, 7) is -1.51. The lowest BCUT2D eigenvalue weighted by molar-refractivity contribution is -0.162. The van der Waals surface area contributed by atoms with Crippen molar-refractivity contribution >= 4 is 15.9 Å². The summed E-state index contributed by atoms with van der Waals surface area (Å²) in [5, 5.41) is -0.607. The van der Waals surface area contributed by atoms with Crippen LogP contribution in [0, 0.1) is 0 Å². The lowest BCUT2D eigenvalue weighted by Gasteiger charge is -2.31. The molecule has 0 saturated carbocycles. The number of piperidine rings is 1. The fourth-order valence-electron chi connectivity index (χ4n) is 2.56. The van der Waals surface area contributed by atoms with Crippen molar-refractivity contribution in [2.24, 2.45) is 0 Å². The van der Waals surface area contributed by atoms with E-state index >= 15 is 0 Å². The van der Waals surface area contributed by atoms with Gasteiger partial charge in [-0.05, 0) is 18.4 Å². The molecule has 2 rings (SSSR count). The van der Waals surface area contributed by atoms with Crippen molar-refractivity contribution in [2.45, 2.75) is 30.0 Å². The molecule has 1 heterocycles.